The Morgan fingerprint density at radius 2 is 1.93 bits per heavy atom. The molecule has 9 heteroatoms. The molecule has 1 amide bonds. The van der Waals surface area contributed by atoms with Gasteiger partial charge in [-0.2, -0.15) is 16.5 Å². The molecule has 27 heavy (non-hydrogen) atoms. The van der Waals surface area contributed by atoms with Crippen LogP contribution in [-0.4, -0.2) is 51.5 Å². The van der Waals surface area contributed by atoms with Gasteiger partial charge in [0.05, 0.1) is 4.90 Å². The minimum atomic E-state index is -3.85. The van der Waals surface area contributed by atoms with Crippen molar-refractivity contribution in [2.45, 2.75) is 31.2 Å². The van der Waals surface area contributed by atoms with Gasteiger partial charge in [0.25, 0.3) is 0 Å². The highest BCUT2D eigenvalue weighted by Crippen LogP contribution is 2.12. The fraction of sp³-hybridized carbons (Fsp3) is 0.444. The average molecular weight is 415 g/mol. The number of carbonyl (C=O) groups excluding carboxylic acids is 2. The molecule has 0 unspecified atom stereocenters. The Morgan fingerprint density at radius 1 is 1.26 bits per heavy atom. The van der Waals surface area contributed by atoms with Gasteiger partial charge in [-0.3, -0.25) is 9.59 Å². The molecule has 1 atom stereocenters. The summed E-state index contributed by atoms with van der Waals surface area (Å²) in [4.78, 5) is 24.0. The van der Waals surface area contributed by atoms with Gasteiger partial charge in [-0.25, -0.2) is 8.42 Å². The first-order valence-corrected chi connectivity index (χ1v) is 11.3. The lowest BCUT2D eigenvalue weighted by Gasteiger charge is -2.18. The van der Waals surface area contributed by atoms with Crippen molar-refractivity contribution in [1.82, 2.24) is 10.0 Å². The van der Waals surface area contributed by atoms with Crippen LogP contribution in [0.4, 0.5) is 0 Å². The molecule has 2 N–H and O–H groups in total. The van der Waals surface area contributed by atoms with Crippen LogP contribution in [-0.2, 0) is 24.3 Å². The van der Waals surface area contributed by atoms with E-state index < -0.39 is 27.9 Å². The number of amides is 1. The normalized spacial score (nSPS) is 12.7. The molecule has 0 bridgehead atoms. The fourth-order valence-electron chi connectivity index (χ4n) is 2.02. The van der Waals surface area contributed by atoms with Crippen molar-refractivity contribution in [3.63, 3.8) is 0 Å². The molecule has 0 aliphatic carbocycles. The summed E-state index contributed by atoms with van der Waals surface area (Å²) in [6.07, 6.45) is 5.56. The lowest BCUT2D eigenvalue weighted by atomic mass is 10.2. The number of aryl methyl sites for hydroxylation is 1. The SMILES string of the molecule is C/C=C/COC(=O)CNC(=O)[C@H](CCSC)NS(=O)(=O)c1ccc(C)cc1. The summed E-state index contributed by atoms with van der Waals surface area (Å²) in [6, 6.07) is 5.37. The van der Waals surface area contributed by atoms with Crippen LogP contribution in [0.5, 0.6) is 0 Å². The molecular formula is C18H26N2O5S2. The van der Waals surface area contributed by atoms with E-state index >= 15 is 0 Å². The van der Waals surface area contributed by atoms with Gasteiger partial charge in [0.15, 0.2) is 0 Å². The lowest BCUT2D eigenvalue weighted by Crippen LogP contribution is -2.48. The van der Waals surface area contributed by atoms with Crippen molar-refractivity contribution in [3.8, 4) is 0 Å². The number of rotatable bonds is 11. The second kappa shape index (κ2) is 11.8. The predicted molar refractivity (Wildman–Crippen MR) is 107 cm³/mol. The van der Waals surface area contributed by atoms with Gasteiger partial charge in [0, 0.05) is 0 Å². The Hall–Kier alpha value is -1.84. The molecule has 0 aliphatic rings. The first-order chi connectivity index (χ1) is 12.8. The number of carbonyl (C=O) groups is 2. The van der Waals surface area contributed by atoms with Crippen LogP contribution >= 0.6 is 11.8 Å². The van der Waals surface area contributed by atoms with E-state index in [0.29, 0.717) is 12.2 Å². The van der Waals surface area contributed by atoms with E-state index in [4.69, 9.17) is 4.74 Å². The van der Waals surface area contributed by atoms with Gasteiger partial charge in [-0.05, 0) is 44.4 Å². The highest BCUT2D eigenvalue weighted by molar-refractivity contribution is 7.98. The molecule has 0 aromatic heterocycles. The smallest absolute Gasteiger partial charge is 0.325 e. The first-order valence-electron chi connectivity index (χ1n) is 8.42. The Balaban J connectivity index is 2.74. The largest absolute Gasteiger partial charge is 0.460 e. The van der Waals surface area contributed by atoms with E-state index in [1.807, 2.05) is 13.2 Å². The molecule has 7 nitrogen and oxygen atoms in total. The van der Waals surface area contributed by atoms with E-state index in [2.05, 4.69) is 10.0 Å². The van der Waals surface area contributed by atoms with Gasteiger partial charge < -0.3 is 10.1 Å². The number of thioether (sulfide) groups is 1. The zero-order chi connectivity index (χ0) is 20.3. The highest BCUT2D eigenvalue weighted by Gasteiger charge is 2.25. The van der Waals surface area contributed by atoms with Gasteiger partial charge >= 0.3 is 5.97 Å². The molecule has 0 radical (unpaired) electrons. The summed E-state index contributed by atoms with van der Waals surface area (Å²) in [5.41, 5.74) is 0.932. The second-order valence-electron chi connectivity index (χ2n) is 5.74. The van der Waals surface area contributed by atoms with Crippen molar-refractivity contribution in [1.29, 1.82) is 0 Å². The lowest BCUT2D eigenvalue weighted by molar-refractivity contribution is -0.142. The van der Waals surface area contributed by atoms with E-state index in [1.54, 1.807) is 31.2 Å². The van der Waals surface area contributed by atoms with E-state index in [0.717, 1.165) is 5.56 Å². The number of benzene rings is 1. The summed E-state index contributed by atoms with van der Waals surface area (Å²) in [5, 5.41) is 2.43. The van der Waals surface area contributed by atoms with Crippen LogP contribution < -0.4 is 10.0 Å². The highest BCUT2D eigenvalue weighted by atomic mass is 32.2. The fourth-order valence-corrected chi connectivity index (χ4v) is 3.72. The van der Waals surface area contributed by atoms with E-state index in [-0.39, 0.29) is 18.0 Å². The van der Waals surface area contributed by atoms with Gasteiger partial charge in [-0.1, -0.05) is 29.8 Å². The molecule has 1 aromatic rings. The molecular weight excluding hydrogens is 388 g/mol. The standard InChI is InChI=1S/C18H26N2O5S2/c1-4-5-11-25-17(21)13-19-18(22)16(10-12-26-3)20-27(23,24)15-8-6-14(2)7-9-15/h4-9,16,20H,10-13H2,1-3H3,(H,19,22)/b5-4+/t16-/m0/s1. The third-order valence-corrected chi connectivity index (χ3v) is 5.67. The van der Waals surface area contributed by atoms with Crippen molar-refractivity contribution >= 4 is 33.7 Å². The summed E-state index contributed by atoms with van der Waals surface area (Å²) >= 11 is 1.50. The van der Waals surface area contributed by atoms with Gasteiger partial charge in [0.1, 0.15) is 19.2 Å². The van der Waals surface area contributed by atoms with Gasteiger partial charge in [-0.15, -0.1) is 0 Å². The Bertz CT molecular complexity index is 746. The minimum absolute atomic E-state index is 0.0841. The molecule has 0 saturated heterocycles. The van der Waals surface area contributed by atoms with Crippen LogP contribution in [0.25, 0.3) is 0 Å². The Kier molecular flexibility index (Phi) is 10.1. The van der Waals surface area contributed by atoms with Crippen molar-refractivity contribution in [2.75, 3.05) is 25.2 Å². The predicted octanol–water partition coefficient (Wildman–Crippen LogP) is 1.63. The Labute approximate surface area is 165 Å². The van der Waals surface area contributed by atoms with Crippen LogP contribution in [0.1, 0.15) is 18.9 Å². The molecule has 0 fully saturated rings. The maximum Gasteiger partial charge on any atom is 0.325 e. The zero-order valence-corrected chi connectivity index (χ0v) is 17.4. The molecule has 0 saturated carbocycles. The third-order valence-electron chi connectivity index (χ3n) is 3.54. The monoisotopic (exact) mass is 414 g/mol. The second-order valence-corrected chi connectivity index (χ2v) is 8.44. The van der Waals surface area contributed by atoms with Crippen LogP contribution in [0.15, 0.2) is 41.3 Å². The third kappa shape index (κ3) is 8.59. The average Bonchev–Trinajstić information content (AvgIpc) is 2.63. The molecule has 1 rings (SSSR count). The number of esters is 1. The maximum atomic E-state index is 12.5. The topological polar surface area (TPSA) is 102 Å². The Morgan fingerprint density at radius 3 is 2.52 bits per heavy atom. The molecule has 0 heterocycles. The number of hydrogen-bond acceptors (Lipinski definition) is 6. The van der Waals surface area contributed by atoms with Crippen molar-refractivity contribution in [3.05, 3.63) is 42.0 Å². The van der Waals surface area contributed by atoms with E-state index in [1.165, 1.54) is 23.9 Å². The number of ether oxygens (including phenoxy) is 1. The number of nitrogens with one attached hydrogen (secondary N) is 2. The first kappa shape index (κ1) is 23.2. The summed E-state index contributed by atoms with van der Waals surface area (Å²) in [7, 11) is -3.85. The molecule has 150 valence electrons. The number of hydrogen-bond donors (Lipinski definition) is 2. The van der Waals surface area contributed by atoms with Crippen molar-refractivity contribution in [2.24, 2.45) is 0 Å². The molecule has 1 aromatic carbocycles. The van der Waals surface area contributed by atoms with Crippen molar-refractivity contribution < 1.29 is 22.7 Å². The molecule has 0 spiro atoms. The number of allylic oxidation sites excluding steroid dienone is 1. The van der Waals surface area contributed by atoms with Crippen LogP contribution in [0, 0.1) is 6.92 Å². The van der Waals surface area contributed by atoms with E-state index in [9.17, 15) is 18.0 Å². The summed E-state index contributed by atoms with van der Waals surface area (Å²) < 4.78 is 32.4. The number of sulfonamides is 1. The maximum absolute atomic E-state index is 12.5. The van der Waals surface area contributed by atoms with Crippen LogP contribution in [0.3, 0.4) is 0 Å². The van der Waals surface area contributed by atoms with Crippen LogP contribution in [0.2, 0.25) is 0 Å². The molecule has 0 aliphatic heterocycles. The minimum Gasteiger partial charge on any atom is -0.460 e. The zero-order valence-electron chi connectivity index (χ0n) is 15.7. The summed E-state index contributed by atoms with van der Waals surface area (Å²) in [6.45, 7) is 3.46. The quantitative estimate of drug-likeness (QED) is 0.422. The van der Waals surface area contributed by atoms with Gasteiger partial charge in [0.2, 0.25) is 15.9 Å². The summed E-state index contributed by atoms with van der Waals surface area (Å²) in [5.74, 6) is -0.575.